The molecule has 36 heavy (non-hydrogen) atoms. The quantitative estimate of drug-likeness (QED) is 0.424. The highest BCUT2D eigenvalue weighted by Gasteiger charge is 2.45. The van der Waals surface area contributed by atoms with Gasteiger partial charge in [-0.3, -0.25) is 4.79 Å². The summed E-state index contributed by atoms with van der Waals surface area (Å²) in [6, 6.07) is 14.7. The summed E-state index contributed by atoms with van der Waals surface area (Å²) in [6.45, 7) is 8.31. The number of nitrogens with zero attached hydrogens (tertiary/aromatic N) is 1. The molecule has 4 unspecified atom stereocenters. The summed E-state index contributed by atoms with van der Waals surface area (Å²) < 4.78 is 5.82. The molecule has 192 valence electrons. The fourth-order valence-electron chi connectivity index (χ4n) is 4.44. The third-order valence-electron chi connectivity index (χ3n) is 6.57. The summed E-state index contributed by atoms with van der Waals surface area (Å²) in [6.07, 6.45) is 11.1. The van der Waals surface area contributed by atoms with Crippen LogP contribution in [0.1, 0.15) is 52.0 Å². The van der Waals surface area contributed by atoms with Crippen molar-refractivity contribution in [3.05, 3.63) is 72.3 Å². The van der Waals surface area contributed by atoms with Crippen molar-refractivity contribution < 1.29 is 9.53 Å². The van der Waals surface area contributed by atoms with Crippen LogP contribution in [0.2, 0.25) is 0 Å². The largest absolute Gasteiger partial charge is 0.494 e. The van der Waals surface area contributed by atoms with E-state index in [1.165, 1.54) is 12.1 Å². The van der Waals surface area contributed by atoms with Crippen LogP contribution >= 0.6 is 12.2 Å². The molecule has 5 heteroatoms. The van der Waals surface area contributed by atoms with E-state index in [-0.39, 0.29) is 17.7 Å². The van der Waals surface area contributed by atoms with Gasteiger partial charge in [0.25, 0.3) is 0 Å². The molecule has 0 bridgehead atoms. The van der Waals surface area contributed by atoms with Gasteiger partial charge in [0.1, 0.15) is 5.75 Å². The highest BCUT2D eigenvalue weighted by atomic mass is 32.1. The summed E-state index contributed by atoms with van der Waals surface area (Å²) in [5.74, 6) is 2.89. The molecule has 2 saturated carbocycles. The normalized spacial score (nSPS) is 22.1. The average Bonchev–Trinajstić information content (AvgIpc) is 3.80. The molecular weight excluding hydrogens is 464 g/mol. The van der Waals surface area contributed by atoms with E-state index in [0.717, 1.165) is 40.7 Å². The van der Waals surface area contributed by atoms with Crippen molar-refractivity contribution in [1.82, 2.24) is 5.32 Å². The Hall–Kier alpha value is -2.92. The maximum absolute atomic E-state index is 12.3. The first-order valence-corrected chi connectivity index (χ1v) is 13.5. The van der Waals surface area contributed by atoms with Crippen LogP contribution in [0.4, 0.5) is 5.69 Å². The minimum absolute atomic E-state index is 0.00990. The topological polar surface area (TPSA) is 41.6 Å². The summed E-state index contributed by atoms with van der Waals surface area (Å²) >= 11 is 4.99. The van der Waals surface area contributed by atoms with E-state index in [1.54, 1.807) is 6.92 Å². The summed E-state index contributed by atoms with van der Waals surface area (Å²) in [5, 5.41) is 2.77. The van der Waals surface area contributed by atoms with Gasteiger partial charge in [0.15, 0.2) is 0 Å². The fraction of sp³-hybridized carbons (Fsp3) is 0.419. The first-order chi connectivity index (χ1) is 17.4. The second kappa shape index (κ2) is 12.9. The Morgan fingerprint density at radius 3 is 2.14 bits per heavy atom. The maximum Gasteiger partial charge on any atom is 0.228 e. The van der Waals surface area contributed by atoms with Crippen LogP contribution in [-0.4, -0.2) is 31.6 Å². The van der Waals surface area contributed by atoms with E-state index in [9.17, 15) is 4.79 Å². The molecule has 0 radical (unpaired) electrons. The number of hydrogen-bond acceptors (Lipinski definition) is 4. The summed E-state index contributed by atoms with van der Waals surface area (Å²) in [4.78, 5) is 14.9. The van der Waals surface area contributed by atoms with Gasteiger partial charge in [0.2, 0.25) is 5.91 Å². The van der Waals surface area contributed by atoms with Crippen molar-refractivity contribution in [2.75, 3.05) is 25.6 Å². The lowest BCUT2D eigenvalue weighted by Crippen LogP contribution is -2.28. The van der Waals surface area contributed by atoms with Crippen molar-refractivity contribution >= 4 is 28.8 Å². The van der Waals surface area contributed by atoms with Gasteiger partial charge in [-0.15, -0.1) is 0 Å². The third kappa shape index (κ3) is 7.30. The number of anilines is 1. The number of amides is 1. The van der Waals surface area contributed by atoms with Gasteiger partial charge < -0.3 is 15.0 Å². The van der Waals surface area contributed by atoms with Crippen LogP contribution < -0.4 is 15.0 Å². The van der Waals surface area contributed by atoms with Gasteiger partial charge in [-0.2, -0.15) is 0 Å². The number of rotatable bonds is 6. The van der Waals surface area contributed by atoms with Crippen molar-refractivity contribution in [3.8, 4) is 16.9 Å². The van der Waals surface area contributed by atoms with Gasteiger partial charge in [0.05, 0.1) is 11.6 Å². The lowest BCUT2D eigenvalue weighted by molar-refractivity contribution is -0.120. The Morgan fingerprint density at radius 1 is 1.00 bits per heavy atom. The first-order valence-electron chi connectivity index (χ1n) is 13.1. The van der Waals surface area contributed by atoms with Gasteiger partial charge in [-0.05, 0) is 85.4 Å². The molecule has 0 spiro atoms. The van der Waals surface area contributed by atoms with Gasteiger partial charge >= 0.3 is 0 Å². The Bertz CT molecular complexity index is 1090. The molecule has 1 N–H and O–H groups in total. The Labute approximate surface area is 222 Å². The number of ether oxygens (including phenoxy) is 1. The van der Waals surface area contributed by atoms with Crippen LogP contribution in [0.15, 0.2) is 66.8 Å². The molecule has 4 atom stereocenters. The Balaban J connectivity index is 0.000000335. The molecule has 2 aromatic rings. The minimum Gasteiger partial charge on any atom is -0.494 e. The number of allylic oxidation sites excluding steroid dienone is 4. The van der Waals surface area contributed by atoms with Gasteiger partial charge in [0, 0.05) is 25.7 Å². The highest BCUT2D eigenvalue weighted by Crippen LogP contribution is 2.51. The van der Waals surface area contributed by atoms with E-state index in [0.29, 0.717) is 11.6 Å². The van der Waals surface area contributed by atoms with Crippen molar-refractivity contribution in [2.45, 2.75) is 46.5 Å². The predicted molar refractivity (Wildman–Crippen MR) is 156 cm³/mol. The monoisotopic (exact) mass is 504 g/mol. The number of carbonyl (C=O) groups is 1. The fourth-order valence-corrected chi connectivity index (χ4v) is 4.54. The first kappa shape index (κ1) is 27.7. The number of nitrogens with one attached hydrogen (secondary N) is 1. The molecule has 3 aliphatic rings. The van der Waals surface area contributed by atoms with E-state index < -0.39 is 0 Å². The van der Waals surface area contributed by atoms with E-state index in [2.05, 4.69) is 70.9 Å². The van der Waals surface area contributed by atoms with Crippen molar-refractivity contribution in [2.24, 2.45) is 17.8 Å². The number of thiocarbonyl (C=S) groups is 1. The highest BCUT2D eigenvalue weighted by molar-refractivity contribution is 7.80. The minimum atomic E-state index is -0.0338. The van der Waals surface area contributed by atoms with Crippen LogP contribution in [0.25, 0.3) is 11.1 Å². The molecule has 2 fully saturated rings. The standard InChI is InChI=1S/C22H26N2O2S.C7H8.C2H6/c1-5-26-21-11-8-16(15-6-9-17(10-7-15)24(3)4)12-19(21)18-13-20(18)22(25)23-14(2)27;1-2-4-7-5-6(7)3-1;1-2/h6-12,18,20H,5,13H2,1-4H3,(H,23,25,27);1-4,6-7H,5H2;1-2H3. The Kier molecular flexibility index (Phi) is 9.89. The molecule has 5 rings (SSSR count). The molecule has 0 heterocycles. The molecule has 0 aromatic heterocycles. The Morgan fingerprint density at radius 2 is 1.61 bits per heavy atom. The number of fused-ring (bicyclic) bond motifs is 1. The third-order valence-corrected chi connectivity index (χ3v) is 6.67. The molecular formula is C31H40N2O2S. The predicted octanol–water partition coefficient (Wildman–Crippen LogP) is 7.16. The van der Waals surface area contributed by atoms with Crippen molar-refractivity contribution in [3.63, 3.8) is 0 Å². The van der Waals surface area contributed by atoms with E-state index in [1.807, 2.05) is 40.9 Å². The average molecular weight is 505 g/mol. The molecule has 1 amide bonds. The van der Waals surface area contributed by atoms with E-state index >= 15 is 0 Å². The second-order valence-corrected chi connectivity index (χ2v) is 10.1. The number of benzene rings is 2. The summed E-state index contributed by atoms with van der Waals surface area (Å²) in [7, 11) is 4.06. The van der Waals surface area contributed by atoms with Gasteiger partial charge in [-0.25, -0.2) is 0 Å². The smallest absolute Gasteiger partial charge is 0.228 e. The number of carbonyl (C=O) groups excluding carboxylic acids is 1. The molecule has 3 aliphatic carbocycles. The molecule has 0 aliphatic heterocycles. The van der Waals surface area contributed by atoms with Crippen molar-refractivity contribution in [1.29, 1.82) is 0 Å². The summed E-state index contributed by atoms with van der Waals surface area (Å²) in [5.41, 5.74) is 4.56. The maximum atomic E-state index is 12.3. The SMILES string of the molecule is C1=CC2CC2C=C1.CC.CCOc1ccc(-c2ccc(N(C)C)cc2)cc1C1CC1C(=O)NC(C)=S. The zero-order valence-electron chi connectivity index (χ0n) is 22.5. The zero-order valence-corrected chi connectivity index (χ0v) is 23.3. The lowest BCUT2D eigenvalue weighted by atomic mass is 9.99. The van der Waals surface area contributed by atoms with Gasteiger partial charge in [-0.1, -0.05) is 68.6 Å². The van der Waals surface area contributed by atoms with Crippen LogP contribution in [-0.2, 0) is 4.79 Å². The second-order valence-electron chi connectivity index (χ2n) is 9.45. The zero-order chi connectivity index (χ0) is 26.2. The van der Waals surface area contributed by atoms with Crippen LogP contribution in [0.5, 0.6) is 5.75 Å². The van der Waals surface area contributed by atoms with E-state index in [4.69, 9.17) is 17.0 Å². The van der Waals surface area contributed by atoms with Crippen LogP contribution in [0.3, 0.4) is 0 Å². The molecule has 2 aromatic carbocycles. The molecule has 4 nitrogen and oxygen atoms in total. The van der Waals surface area contributed by atoms with Crippen LogP contribution in [0, 0.1) is 17.8 Å². The number of hydrogen-bond donors (Lipinski definition) is 1. The molecule has 0 saturated heterocycles. The lowest BCUT2D eigenvalue weighted by Gasteiger charge is -2.15.